The lowest BCUT2D eigenvalue weighted by Crippen LogP contribution is -2.30. The first-order chi connectivity index (χ1) is 16.0. The molecule has 25 heavy (non-hydrogen) atoms. The van der Waals surface area contributed by atoms with Gasteiger partial charge >= 0.3 is 0 Å². The number of aromatic nitrogens is 1. The Kier molecular flexibility index (Phi) is 1.88. The third kappa shape index (κ3) is 2.53. The molecule has 2 nitrogen and oxygen atoms in total. The molecule has 4 rings (SSSR count). The molecule has 4 aromatic rings. The van der Waals surface area contributed by atoms with Crippen LogP contribution in [0.4, 0.5) is 0 Å². The van der Waals surface area contributed by atoms with Crippen LogP contribution in [0.2, 0.25) is 0 Å². The van der Waals surface area contributed by atoms with Crippen molar-refractivity contribution in [3.05, 3.63) is 65.3 Å². The van der Waals surface area contributed by atoms with E-state index in [-0.39, 0.29) is 5.69 Å². The van der Waals surface area contributed by atoms with Gasteiger partial charge in [-0.25, -0.2) is 4.57 Å². The van der Waals surface area contributed by atoms with Crippen LogP contribution in [0.5, 0.6) is 0 Å². The Morgan fingerprint density at radius 3 is 2.76 bits per heavy atom. The summed E-state index contributed by atoms with van der Waals surface area (Å²) in [5, 5.41) is 1.61. The number of furan rings is 1. The average molecular weight is 341 g/mol. The summed E-state index contributed by atoms with van der Waals surface area (Å²) in [5.74, 6) is -3.27. The maximum absolute atomic E-state index is 8.88. The van der Waals surface area contributed by atoms with Crippen LogP contribution < -0.4 is 4.57 Å². The van der Waals surface area contributed by atoms with Crippen LogP contribution in [0.25, 0.3) is 33.2 Å². The van der Waals surface area contributed by atoms with Gasteiger partial charge in [0.2, 0.25) is 5.69 Å². The monoisotopic (exact) mass is 340 g/mol. The van der Waals surface area contributed by atoms with E-state index in [4.69, 9.17) is 18.1 Å². The Labute approximate surface area is 162 Å². The number of rotatable bonds is 2. The van der Waals surface area contributed by atoms with Crippen molar-refractivity contribution in [3.8, 4) is 11.3 Å². The maximum atomic E-state index is 8.88. The van der Waals surface area contributed by atoms with Gasteiger partial charge in [-0.2, -0.15) is 0 Å². The van der Waals surface area contributed by atoms with Crippen LogP contribution in [0, 0.1) is 13.8 Å². The molecule has 2 aromatic heterocycles. The number of hydrogen-bond donors (Lipinski definition) is 0. The van der Waals surface area contributed by atoms with Crippen molar-refractivity contribution in [2.75, 3.05) is 0 Å². The topological polar surface area (TPSA) is 17.0 Å². The maximum Gasteiger partial charge on any atom is 0.212 e. The molecule has 0 saturated heterocycles. The van der Waals surface area contributed by atoms with Crippen LogP contribution in [-0.2, 0) is 7.05 Å². The Balaban J connectivity index is 2.15. The van der Waals surface area contributed by atoms with Crippen LogP contribution >= 0.6 is 0 Å². The molecule has 0 N–H and O–H groups in total. The van der Waals surface area contributed by atoms with Crippen molar-refractivity contribution in [2.45, 2.75) is 33.4 Å². The summed E-state index contributed by atoms with van der Waals surface area (Å²) < 4.78 is 88.6. The van der Waals surface area contributed by atoms with E-state index in [9.17, 15) is 0 Å². The van der Waals surface area contributed by atoms with Gasteiger partial charge in [-0.3, -0.25) is 0 Å². The van der Waals surface area contributed by atoms with Gasteiger partial charge in [-0.1, -0.05) is 25.3 Å². The number of aryl methyl sites for hydroxylation is 2. The van der Waals surface area contributed by atoms with Gasteiger partial charge in [0.1, 0.15) is 19.6 Å². The molecule has 2 aromatic carbocycles. The Hall–Kier alpha value is -2.61. The normalized spacial score (nSPS) is 19.0. The zero-order chi connectivity index (χ0) is 26.2. The molecule has 2 heterocycles. The van der Waals surface area contributed by atoms with Gasteiger partial charge in [0, 0.05) is 38.0 Å². The SMILES string of the molecule is [2H]c1c(C([2H])(C([2H])([2H])[2H])C([2H])([2H])[2H])c([2H])c(-c2ccc3oc4ccc(C)cc4c3c2C)[n+](C)c1[2H]. The molecule has 0 amide bonds. The number of hydrogen-bond acceptors (Lipinski definition) is 1. The second kappa shape index (κ2) is 5.73. The Morgan fingerprint density at radius 1 is 1.16 bits per heavy atom. The highest BCUT2D eigenvalue weighted by Crippen LogP contribution is 2.36. The lowest BCUT2D eigenvalue weighted by Gasteiger charge is -2.09. The van der Waals surface area contributed by atoms with Crippen molar-refractivity contribution in [2.24, 2.45) is 7.05 Å². The van der Waals surface area contributed by atoms with Crippen LogP contribution in [-0.4, -0.2) is 0 Å². The molecule has 0 fully saturated rings. The zero-order valence-electron chi connectivity index (χ0n) is 24.2. The van der Waals surface area contributed by atoms with Gasteiger partial charge in [0.25, 0.3) is 0 Å². The highest BCUT2D eigenvalue weighted by Gasteiger charge is 2.19. The second-order valence-corrected chi connectivity index (χ2v) is 6.23. The largest absolute Gasteiger partial charge is 0.456 e. The minimum absolute atomic E-state index is 0.0486. The van der Waals surface area contributed by atoms with E-state index >= 15 is 0 Å². The fourth-order valence-corrected chi connectivity index (χ4v) is 3.21. The second-order valence-electron chi connectivity index (χ2n) is 6.23. The lowest BCUT2D eigenvalue weighted by atomic mass is 9.96. The summed E-state index contributed by atoms with van der Waals surface area (Å²) in [7, 11) is 1.45. The molecule has 0 aliphatic rings. The predicted octanol–water partition coefficient (Wildman–Crippen LogP) is 5.82. The van der Waals surface area contributed by atoms with Crippen molar-refractivity contribution in [1.82, 2.24) is 0 Å². The molecule has 0 radical (unpaired) electrons. The van der Waals surface area contributed by atoms with Crippen LogP contribution in [0.3, 0.4) is 0 Å². The number of nitrogens with zero attached hydrogens (tertiary/aromatic N) is 1. The van der Waals surface area contributed by atoms with Gasteiger partial charge < -0.3 is 4.42 Å². The standard InChI is InChI=1S/C23H24NO/c1-14(2)17-10-11-24(5)20(13-17)18-7-9-22-23(16(18)4)19-12-15(3)6-8-21(19)25-22/h6-14H,1-5H3/q+1/i1D3,2D3,10D,11D,13D,14D. The fourth-order valence-electron chi connectivity index (χ4n) is 3.21. The van der Waals surface area contributed by atoms with Gasteiger partial charge in [-0.15, -0.1) is 0 Å². The quantitative estimate of drug-likeness (QED) is 0.420. The molecule has 126 valence electrons. The Bertz CT molecular complexity index is 1480. The fraction of sp³-hybridized carbons (Fsp3) is 0.261. The first-order valence-corrected chi connectivity index (χ1v) is 7.95. The highest BCUT2D eigenvalue weighted by atomic mass is 16.3. The first kappa shape index (κ1) is 8.18. The molecular weight excluding hydrogens is 306 g/mol. The van der Waals surface area contributed by atoms with E-state index in [0.29, 0.717) is 22.3 Å². The number of pyridine rings is 1. The van der Waals surface area contributed by atoms with E-state index in [1.165, 1.54) is 11.6 Å². The van der Waals surface area contributed by atoms with E-state index in [2.05, 4.69) is 0 Å². The summed E-state index contributed by atoms with van der Waals surface area (Å²) in [4.78, 5) is 0. The van der Waals surface area contributed by atoms with Gasteiger partial charge in [-0.05, 0) is 55.1 Å². The number of benzene rings is 2. The van der Waals surface area contributed by atoms with E-state index in [1.54, 1.807) is 19.1 Å². The molecule has 0 saturated carbocycles. The number of fused-ring (bicyclic) bond motifs is 3. The third-order valence-corrected chi connectivity index (χ3v) is 4.48. The van der Waals surface area contributed by atoms with Crippen molar-refractivity contribution in [3.63, 3.8) is 0 Å². The molecule has 0 bridgehead atoms. The minimum atomic E-state index is -3.38. The molecule has 0 unspecified atom stereocenters. The minimum Gasteiger partial charge on any atom is -0.456 e. The molecule has 0 spiro atoms. The van der Waals surface area contributed by atoms with Gasteiger partial charge in [0.05, 0.1) is 2.74 Å². The molecule has 0 atom stereocenters. The molecule has 0 aliphatic heterocycles. The first-order valence-electron chi connectivity index (χ1n) is 13.0. The zero-order valence-corrected chi connectivity index (χ0v) is 14.2. The molecule has 0 aliphatic carbocycles. The Morgan fingerprint density at radius 2 is 1.96 bits per heavy atom. The van der Waals surface area contributed by atoms with Crippen molar-refractivity contribution >= 4 is 21.9 Å². The lowest BCUT2D eigenvalue weighted by molar-refractivity contribution is -0.660. The van der Waals surface area contributed by atoms with Crippen LogP contribution in [0.1, 0.15) is 50.0 Å². The summed E-state index contributed by atoms with van der Waals surface area (Å²) in [5.41, 5.74) is 2.64. The molecule has 2 heteroatoms. The third-order valence-electron chi connectivity index (χ3n) is 4.48. The average Bonchev–Trinajstić information content (AvgIpc) is 3.10. The summed E-state index contributed by atoms with van der Waals surface area (Å²) in [6.07, 6.45) is -0.497. The van der Waals surface area contributed by atoms with Crippen LogP contribution in [0.15, 0.2) is 53.0 Å². The van der Waals surface area contributed by atoms with Crippen molar-refractivity contribution in [1.29, 1.82) is 0 Å². The summed E-state index contributed by atoms with van der Waals surface area (Å²) in [6, 6.07) is 7.75. The smallest absolute Gasteiger partial charge is 0.212 e. The summed E-state index contributed by atoms with van der Waals surface area (Å²) >= 11 is 0. The highest BCUT2D eigenvalue weighted by molar-refractivity contribution is 6.08. The summed E-state index contributed by atoms with van der Waals surface area (Å²) in [6.45, 7) is -3.02. The van der Waals surface area contributed by atoms with E-state index < -0.39 is 43.4 Å². The molecular formula is C23H24NO+. The van der Waals surface area contributed by atoms with Gasteiger partial charge in [0.15, 0.2) is 6.17 Å². The van der Waals surface area contributed by atoms with Crippen molar-refractivity contribution < 1.29 is 22.7 Å². The van der Waals surface area contributed by atoms with E-state index in [0.717, 1.165) is 16.3 Å². The van der Waals surface area contributed by atoms with E-state index in [1.807, 2.05) is 25.1 Å². The predicted molar refractivity (Wildman–Crippen MR) is 104 cm³/mol.